The van der Waals surface area contributed by atoms with Gasteiger partial charge in [0.2, 0.25) is 5.88 Å². The van der Waals surface area contributed by atoms with Gasteiger partial charge in [0.15, 0.2) is 5.65 Å². The zero-order valence-electron chi connectivity index (χ0n) is 13.7. The number of nitrogens with zero attached hydrogens (tertiary/aromatic N) is 4. The van der Waals surface area contributed by atoms with Crippen molar-refractivity contribution in [1.29, 1.82) is 0 Å². The van der Waals surface area contributed by atoms with Gasteiger partial charge in [0.1, 0.15) is 17.5 Å². The molecule has 2 heterocycles. The molecule has 0 amide bonds. The zero-order chi connectivity index (χ0) is 18.0. The molecule has 0 aliphatic carbocycles. The van der Waals surface area contributed by atoms with Crippen LogP contribution >= 0.6 is 0 Å². The minimum Gasteiger partial charge on any atom is -0.465 e. The van der Waals surface area contributed by atoms with Gasteiger partial charge in [-0.1, -0.05) is 0 Å². The van der Waals surface area contributed by atoms with Crippen LogP contribution in [-0.2, 0) is 16.5 Å². The number of carbonyl (C=O) groups excluding carboxylic acids is 2. The van der Waals surface area contributed by atoms with Crippen LogP contribution in [0.2, 0.25) is 0 Å². The van der Waals surface area contributed by atoms with Crippen molar-refractivity contribution in [2.24, 2.45) is 7.05 Å². The molecular formula is C16H14N4O5. The van der Waals surface area contributed by atoms with E-state index in [4.69, 9.17) is 14.2 Å². The number of hydrogen-bond acceptors (Lipinski definition) is 8. The monoisotopic (exact) mass is 342 g/mol. The average molecular weight is 342 g/mol. The Bertz CT molecular complexity index is 932. The van der Waals surface area contributed by atoms with Gasteiger partial charge < -0.3 is 14.2 Å². The van der Waals surface area contributed by atoms with E-state index in [2.05, 4.69) is 15.1 Å². The molecular weight excluding hydrogens is 328 g/mol. The fraction of sp³-hybridized carbons (Fsp3) is 0.188. The summed E-state index contributed by atoms with van der Waals surface area (Å²) in [4.78, 5) is 31.9. The molecule has 3 rings (SSSR count). The van der Waals surface area contributed by atoms with E-state index in [9.17, 15) is 9.59 Å². The van der Waals surface area contributed by atoms with Crippen LogP contribution in [0.3, 0.4) is 0 Å². The van der Waals surface area contributed by atoms with Crippen LogP contribution in [-0.4, -0.2) is 45.9 Å². The average Bonchev–Trinajstić information content (AvgIpc) is 3.02. The number of ether oxygens (including phenoxy) is 3. The first-order valence-electron chi connectivity index (χ1n) is 7.15. The first kappa shape index (κ1) is 16.4. The van der Waals surface area contributed by atoms with Crippen molar-refractivity contribution < 1.29 is 23.8 Å². The van der Waals surface area contributed by atoms with E-state index in [0.29, 0.717) is 11.0 Å². The molecule has 1 aromatic carbocycles. The van der Waals surface area contributed by atoms with Gasteiger partial charge in [-0.2, -0.15) is 5.10 Å². The van der Waals surface area contributed by atoms with Gasteiger partial charge in [0.05, 0.1) is 31.5 Å². The van der Waals surface area contributed by atoms with Crippen LogP contribution in [0.4, 0.5) is 0 Å². The summed E-state index contributed by atoms with van der Waals surface area (Å²) in [5, 5.41) is 4.69. The molecule has 25 heavy (non-hydrogen) atoms. The number of aromatic nitrogens is 4. The van der Waals surface area contributed by atoms with Crippen molar-refractivity contribution in [3.8, 4) is 11.6 Å². The molecule has 0 aliphatic heterocycles. The summed E-state index contributed by atoms with van der Waals surface area (Å²) < 4.78 is 16.7. The fourth-order valence-corrected chi connectivity index (χ4v) is 2.26. The summed E-state index contributed by atoms with van der Waals surface area (Å²) in [6.45, 7) is 0. The molecule has 0 spiro atoms. The van der Waals surface area contributed by atoms with Crippen LogP contribution in [0.1, 0.15) is 20.7 Å². The summed E-state index contributed by atoms with van der Waals surface area (Å²) >= 11 is 0. The Morgan fingerprint density at radius 2 is 1.64 bits per heavy atom. The Balaban J connectivity index is 2.06. The van der Waals surface area contributed by atoms with Gasteiger partial charge >= 0.3 is 11.9 Å². The van der Waals surface area contributed by atoms with Crippen molar-refractivity contribution in [3.05, 3.63) is 41.9 Å². The summed E-state index contributed by atoms with van der Waals surface area (Å²) in [7, 11) is 4.24. The Morgan fingerprint density at radius 3 is 2.24 bits per heavy atom. The number of aryl methyl sites for hydroxylation is 1. The van der Waals surface area contributed by atoms with Gasteiger partial charge in [0.25, 0.3) is 0 Å². The maximum atomic E-state index is 11.8. The molecule has 0 saturated heterocycles. The number of rotatable bonds is 4. The highest BCUT2D eigenvalue weighted by Crippen LogP contribution is 2.28. The van der Waals surface area contributed by atoms with E-state index in [1.165, 1.54) is 38.7 Å². The Morgan fingerprint density at radius 1 is 1.00 bits per heavy atom. The van der Waals surface area contributed by atoms with E-state index in [1.807, 2.05) is 0 Å². The summed E-state index contributed by atoms with van der Waals surface area (Å²) in [5.74, 6) is -0.738. The number of methoxy groups -OCH3 is 2. The van der Waals surface area contributed by atoms with Crippen LogP contribution < -0.4 is 4.74 Å². The summed E-state index contributed by atoms with van der Waals surface area (Å²) in [6, 6.07) is 4.26. The molecule has 0 aliphatic rings. The molecule has 0 radical (unpaired) electrons. The van der Waals surface area contributed by atoms with E-state index < -0.39 is 11.9 Å². The molecule has 0 bridgehead atoms. The highest BCUT2D eigenvalue weighted by atomic mass is 16.5. The summed E-state index contributed by atoms with van der Waals surface area (Å²) in [6.07, 6.45) is 2.90. The predicted octanol–water partition coefficient (Wildman–Crippen LogP) is 1.73. The first-order valence-corrected chi connectivity index (χ1v) is 7.15. The minimum atomic E-state index is -0.607. The number of fused-ring (bicyclic) bond motifs is 1. The van der Waals surface area contributed by atoms with Crippen LogP contribution in [0.5, 0.6) is 11.6 Å². The van der Waals surface area contributed by atoms with Gasteiger partial charge in [-0.15, -0.1) is 0 Å². The predicted molar refractivity (Wildman–Crippen MR) is 85.5 cm³/mol. The first-order chi connectivity index (χ1) is 12.0. The molecule has 128 valence electrons. The number of hydrogen-bond donors (Lipinski definition) is 0. The SMILES string of the molecule is COC(=O)c1cc(Oc2ncnc3c2cnn3C)cc(C(=O)OC)c1. The maximum Gasteiger partial charge on any atom is 0.338 e. The van der Waals surface area contributed by atoms with Crippen LogP contribution in [0, 0.1) is 0 Å². The number of carbonyl (C=O) groups is 2. The van der Waals surface area contributed by atoms with Crippen molar-refractivity contribution >= 4 is 23.0 Å². The van der Waals surface area contributed by atoms with Crippen molar-refractivity contribution in [2.45, 2.75) is 0 Å². The lowest BCUT2D eigenvalue weighted by molar-refractivity contribution is 0.0598. The van der Waals surface area contributed by atoms with Crippen molar-refractivity contribution in [2.75, 3.05) is 14.2 Å². The quantitative estimate of drug-likeness (QED) is 0.660. The normalized spacial score (nSPS) is 10.5. The third-order valence-corrected chi connectivity index (χ3v) is 3.46. The number of benzene rings is 1. The summed E-state index contributed by atoms with van der Waals surface area (Å²) in [5.41, 5.74) is 0.885. The third kappa shape index (κ3) is 3.11. The largest absolute Gasteiger partial charge is 0.465 e. The second-order valence-electron chi connectivity index (χ2n) is 5.02. The highest BCUT2D eigenvalue weighted by molar-refractivity contribution is 5.96. The Labute approximate surface area is 142 Å². The standard InChI is InChI=1S/C16H14N4O5/c1-20-13-12(7-19-20)14(18-8-17-13)25-11-5-9(15(21)23-2)4-10(6-11)16(22)24-3/h4-8H,1-3H3. The van der Waals surface area contributed by atoms with Gasteiger partial charge in [0, 0.05) is 7.05 Å². The maximum absolute atomic E-state index is 11.8. The molecule has 0 N–H and O–H groups in total. The second kappa shape index (κ2) is 6.56. The van der Waals surface area contributed by atoms with Gasteiger partial charge in [-0.05, 0) is 18.2 Å². The lowest BCUT2D eigenvalue weighted by Crippen LogP contribution is -2.07. The highest BCUT2D eigenvalue weighted by Gasteiger charge is 2.16. The molecule has 0 saturated carbocycles. The zero-order valence-corrected chi connectivity index (χ0v) is 13.7. The molecule has 3 aromatic rings. The molecule has 0 atom stereocenters. The Kier molecular flexibility index (Phi) is 4.29. The van der Waals surface area contributed by atoms with E-state index in [1.54, 1.807) is 17.9 Å². The van der Waals surface area contributed by atoms with Gasteiger partial charge in [-0.25, -0.2) is 19.6 Å². The molecule has 0 unspecified atom stereocenters. The minimum absolute atomic E-state index is 0.150. The number of esters is 2. The topological polar surface area (TPSA) is 105 Å². The van der Waals surface area contributed by atoms with E-state index in [0.717, 1.165) is 0 Å². The van der Waals surface area contributed by atoms with E-state index >= 15 is 0 Å². The van der Waals surface area contributed by atoms with Crippen molar-refractivity contribution in [1.82, 2.24) is 19.7 Å². The fourth-order valence-electron chi connectivity index (χ4n) is 2.26. The Hall–Kier alpha value is -3.49. The van der Waals surface area contributed by atoms with E-state index in [-0.39, 0.29) is 22.8 Å². The molecule has 0 fully saturated rings. The third-order valence-electron chi connectivity index (χ3n) is 3.46. The smallest absolute Gasteiger partial charge is 0.338 e. The van der Waals surface area contributed by atoms with Crippen molar-refractivity contribution in [3.63, 3.8) is 0 Å². The van der Waals surface area contributed by atoms with Crippen LogP contribution in [0.15, 0.2) is 30.7 Å². The second-order valence-corrected chi connectivity index (χ2v) is 5.02. The lowest BCUT2D eigenvalue weighted by Gasteiger charge is -2.09. The molecule has 2 aromatic heterocycles. The molecule has 9 heteroatoms. The molecule has 9 nitrogen and oxygen atoms in total. The lowest BCUT2D eigenvalue weighted by atomic mass is 10.1. The van der Waals surface area contributed by atoms with Crippen LogP contribution in [0.25, 0.3) is 11.0 Å². The van der Waals surface area contributed by atoms with Gasteiger partial charge in [-0.3, -0.25) is 4.68 Å².